The smallest absolute Gasteiger partial charge is 0.0955 e. The van der Waals surface area contributed by atoms with Crippen LogP contribution in [0.4, 0.5) is 0 Å². The molecule has 2 aliphatic rings. The second kappa shape index (κ2) is 4.13. The molecule has 0 aliphatic heterocycles. The third-order valence-electron chi connectivity index (χ3n) is 5.03. The van der Waals surface area contributed by atoms with Crippen LogP contribution >= 0.6 is 0 Å². The van der Waals surface area contributed by atoms with Gasteiger partial charge in [0, 0.05) is 0 Å². The Morgan fingerprint density at radius 1 is 1.00 bits per heavy atom. The largest absolute Gasteiger partial charge is 0.385 e. The topological polar surface area (TPSA) is 20.2 Å². The van der Waals surface area contributed by atoms with E-state index in [0.717, 1.165) is 0 Å². The SMILES string of the molecule is Cc1ccccc1C1(O)C2CCCC1CCC2. The number of aliphatic hydroxyl groups is 1. The van der Waals surface area contributed by atoms with E-state index in [2.05, 4.69) is 31.2 Å². The Bertz CT molecular complexity index is 388. The lowest BCUT2D eigenvalue weighted by Gasteiger charge is -2.50. The summed E-state index contributed by atoms with van der Waals surface area (Å²) in [5.74, 6) is 0.993. The summed E-state index contributed by atoms with van der Waals surface area (Å²) in [6, 6.07) is 8.43. The molecule has 1 aromatic carbocycles. The van der Waals surface area contributed by atoms with Crippen molar-refractivity contribution in [1.29, 1.82) is 0 Å². The van der Waals surface area contributed by atoms with Crippen LogP contribution in [0.25, 0.3) is 0 Å². The lowest BCUT2D eigenvalue weighted by molar-refractivity contribution is -0.126. The monoisotopic (exact) mass is 230 g/mol. The van der Waals surface area contributed by atoms with Gasteiger partial charge in [-0.1, -0.05) is 37.1 Å². The number of benzene rings is 1. The van der Waals surface area contributed by atoms with E-state index in [1.807, 2.05) is 0 Å². The van der Waals surface area contributed by atoms with Gasteiger partial charge < -0.3 is 5.11 Å². The maximum atomic E-state index is 11.3. The van der Waals surface area contributed by atoms with Gasteiger partial charge in [0.15, 0.2) is 0 Å². The summed E-state index contributed by atoms with van der Waals surface area (Å²) < 4.78 is 0. The van der Waals surface area contributed by atoms with E-state index in [1.54, 1.807) is 0 Å². The standard InChI is InChI=1S/C16H22O/c1-12-6-2-3-11-15(12)16(17)13-7-4-8-14(16)10-5-9-13/h2-3,6,11,13-14,17H,4-5,7-10H2,1H3. The maximum Gasteiger partial charge on any atom is 0.0955 e. The van der Waals surface area contributed by atoms with Crippen LogP contribution in [0.15, 0.2) is 24.3 Å². The van der Waals surface area contributed by atoms with Crippen LogP contribution in [-0.2, 0) is 5.60 Å². The second-order valence-corrected chi connectivity index (χ2v) is 5.90. The predicted octanol–water partition coefficient (Wildman–Crippen LogP) is 3.78. The Morgan fingerprint density at radius 3 is 2.06 bits per heavy atom. The van der Waals surface area contributed by atoms with Crippen molar-refractivity contribution in [3.8, 4) is 0 Å². The summed E-state index contributed by atoms with van der Waals surface area (Å²) in [7, 11) is 0. The zero-order valence-corrected chi connectivity index (χ0v) is 10.7. The van der Waals surface area contributed by atoms with Crippen LogP contribution in [0.2, 0.25) is 0 Å². The highest BCUT2D eigenvalue weighted by molar-refractivity contribution is 5.33. The fourth-order valence-electron chi connectivity index (χ4n) is 4.19. The third kappa shape index (κ3) is 1.63. The Balaban J connectivity index is 2.07. The lowest BCUT2D eigenvalue weighted by atomic mass is 9.58. The van der Waals surface area contributed by atoms with Gasteiger partial charge >= 0.3 is 0 Å². The molecule has 92 valence electrons. The van der Waals surface area contributed by atoms with Crippen LogP contribution in [0.3, 0.4) is 0 Å². The lowest BCUT2D eigenvalue weighted by Crippen LogP contribution is -2.48. The first-order chi connectivity index (χ1) is 8.23. The van der Waals surface area contributed by atoms with E-state index in [9.17, 15) is 5.11 Å². The van der Waals surface area contributed by atoms with Crippen LogP contribution < -0.4 is 0 Å². The van der Waals surface area contributed by atoms with E-state index in [1.165, 1.54) is 49.7 Å². The average molecular weight is 230 g/mol. The summed E-state index contributed by atoms with van der Waals surface area (Å²) in [5, 5.41) is 11.3. The zero-order valence-electron chi connectivity index (χ0n) is 10.7. The van der Waals surface area contributed by atoms with E-state index in [0.29, 0.717) is 11.8 Å². The molecule has 17 heavy (non-hydrogen) atoms. The Labute approximate surface area is 104 Å². The number of fused-ring (bicyclic) bond motifs is 2. The molecule has 0 heterocycles. The molecule has 0 saturated heterocycles. The van der Waals surface area contributed by atoms with Crippen molar-refractivity contribution < 1.29 is 5.11 Å². The van der Waals surface area contributed by atoms with Gasteiger partial charge in [0.25, 0.3) is 0 Å². The normalized spacial score (nSPS) is 36.8. The van der Waals surface area contributed by atoms with Crippen LogP contribution in [0.1, 0.15) is 49.7 Å². The van der Waals surface area contributed by atoms with Crippen molar-refractivity contribution in [2.24, 2.45) is 11.8 Å². The predicted molar refractivity (Wildman–Crippen MR) is 69.8 cm³/mol. The molecule has 0 unspecified atom stereocenters. The molecular weight excluding hydrogens is 208 g/mol. The Morgan fingerprint density at radius 2 is 1.53 bits per heavy atom. The molecule has 1 heteroatoms. The minimum atomic E-state index is -0.526. The minimum absolute atomic E-state index is 0.496. The highest BCUT2D eigenvalue weighted by atomic mass is 16.3. The van der Waals surface area contributed by atoms with Crippen molar-refractivity contribution in [1.82, 2.24) is 0 Å². The number of hydrogen-bond acceptors (Lipinski definition) is 1. The average Bonchev–Trinajstić information content (AvgIpc) is 2.28. The van der Waals surface area contributed by atoms with Gasteiger partial charge in [-0.15, -0.1) is 0 Å². The molecule has 2 saturated carbocycles. The van der Waals surface area contributed by atoms with Crippen molar-refractivity contribution >= 4 is 0 Å². The van der Waals surface area contributed by atoms with Crippen molar-refractivity contribution in [2.45, 2.75) is 51.0 Å². The van der Waals surface area contributed by atoms with Gasteiger partial charge in [-0.05, 0) is 55.6 Å². The van der Waals surface area contributed by atoms with Gasteiger partial charge in [-0.25, -0.2) is 0 Å². The molecule has 0 amide bonds. The molecule has 1 N–H and O–H groups in total. The van der Waals surface area contributed by atoms with E-state index >= 15 is 0 Å². The zero-order chi connectivity index (χ0) is 11.9. The highest BCUT2D eigenvalue weighted by Crippen LogP contribution is 2.53. The molecule has 2 fully saturated rings. The molecule has 3 rings (SSSR count). The van der Waals surface area contributed by atoms with E-state index in [-0.39, 0.29) is 0 Å². The molecule has 1 aromatic rings. The molecule has 0 spiro atoms. The Kier molecular flexibility index (Phi) is 2.74. The number of rotatable bonds is 1. The maximum absolute atomic E-state index is 11.3. The molecule has 0 radical (unpaired) electrons. The summed E-state index contributed by atoms with van der Waals surface area (Å²) in [5.41, 5.74) is 1.94. The third-order valence-corrected chi connectivity index (χ3v) is 5.03. The van der Waals surface area contributed by atoms with Crippen molar-refractivity contribution in [2.75, 3.05) is 0 Å². The summed E-state index contributed by atoms with van der Waals surface area (Å²) in [6.07, 6.45) is 7.46. The summed E-state index contributed by atoms with van der Waals surface area (Å²) in [4.78, 5) is 0. The molecule has 0 aromatic heterocycles. The Hall–Kier alpha value is -0.820. The highest BCUT2D eigenvalue weighted by Gasteiger charge is 2.49. The quantitative estimate of drug-likeness (QED) is 0.778. The fourth-order valence-corrected chi connectivity index (χ4v) is 4.19. The first kappa shape index (κ1) is 11.3. The molecule has 2 aliphatic carbocycles. The van der Waals surface area contributed by atoms with Gasteiger partial charge in [0.05, 0.1) is 5.60 Å². The first-order valence-electron chi connectivity index (χ1n) is 7.01. The summed E-state index contributed by atoms with van der Waals surface area (Å²) in [6.45, 7) is 2.14. The van der Waals surface area contributed by atoms with Crippen LogP contribution in [0, 0.1) is 18.8 Å². The molecular formula is C16H22O. The molecule has 1 nitrogen and oxygen atoms in total. The fraction of sp³-hybridized carbons (Fsp3) is 0.625. The van der Waals surface area contributed by atoms with Crippen LogP contribution in [0.5, 0.6) is 0 Å². The second-order valence-electron chi connectivity index (χ2n) is 5.90. The summed E-state index contributed by atoms with van der Waals surface area (Å²) >= 11 is 0. The van der Waals surface area contributed by atoms with Gasteiger partial charge in [-0.3, -0.25) is 0 Å². The van der Waals surface area contributed by atoms with Crippen molar-refractivity contribution in [3.05, 3.63) is 35.4 Å². The molecule has 2 bridgehead atoms. The number of hydrogen-bond donors (Lipinski definition) is 1. The minimum Gasteiger partial charge on any atom is -0.385 e. The van der Waals surface area contributed by atoms with Gasteiger partial charge in [0.2, 0.25) is 0 Å². The van der Waals surface area contributed by atoms with E-state index in [4.69, 9.17) is 0 Å². The van der Waals surface area contributed by atoms with Gasteiger partial charge in [-0.2, -0.15) is 0 Å². The van der Waals surface area contributed by atoms with Crippen LogP contribution in [-0.4, -0.2) is 5.11 Å². The van der Waals surface area contributed by atoms with E-state index < -0.39 is 5.60 Å². The first-order valence-corrected chi connectivity index (χ1v) is 7.01. The molecule has 0 atom stereocenters. The number of aryl methyl sites for hydroxylation is 1. The van der Waals surface area contributed by atoms with Crippen molar-refractivity contribution in [3.63, 3.8) is 0 Å². The van der Waals surface area contributed by atoms with Gasteiger partial charge in [0.1, 0.15) is 0 Å².